The Balaban J connectivity index is 2.16. The molecule has 1 aromatic carbocycles. The van der Waals surface area contributed by atoms with Gasteiger partial charge in [0, 0.05) is 19.6 Å². The molecule has 0 spiro atoms. The molecule has 1 atom stereocenters. The minimum Gasteiger partial charge on any atom is -0.491 e. The van der Waals surface area contributed by atoms with Gasteiger partial charge in [-0.25, -0.2) is 13.1 Å². The Kier molecular flexibility index (Phi) is 7.11. The molecular weight excluding hydrogens is 294 g/mol. The van der Waals surface area contributed by atoms with Crippen LogP contribution in [0.1, 0.15) is 5.56 Å². The molecule has 0 radical (unpaired) electrons. The molecule has 116 valence electrons. The zero-order valence-electron chi connectivity index (χ0n) is 11.7. The van der Waals surface area contributed by atoms with Crippen LogP contribution < -0.4 is 14.8 Å². The van der Waals surface area contributed by atoms with Crippen LogP contribution in [0.25, 0.3) is 0 Å². The number of aliphatic hydroxyl groups is 1. The van der Waals surface area contributed by atoms with Gasteiger partial charge in [-0.2, -0.15) is 5.26 Å². The van der Waals surface area contributed by atoms with Crippen molar-refractivity contribution in [3.63, 3.8) is 0 Å². The molecule has 3 N–H and O–H groups in total. The molecule has 0 aromatic heterocycles. The molecule has 8 heteroatoms. The van der Waals surface area contributed by atoms with Crippen molar-refractivity contribution in [2.45, 2.75) is 6.10 Å². The zero-order valence-corrected chi connectivity index (χ0v) is 12.6. The number of nitrogens with zero attached hydrogens (tertiary/aromatic N) is 1. The summed E-state index contributed by atoms with van der Waals surface area (Å²) in [5.41, 5.74) is 0.544. The molecular formula is C13H19N3O4S. The third-order valence-corrected chi connectivity index (χ3v) is 3.20. The average molecular weight is 313 g/mol. The lowest BCUT2D eigenvalue weighted by Crippen LogP contribution is -2.36. The number of sulfonamides is 1. The predicted molar refractivity (Wildman–Crippen MR) is 78.4 cm³/mol. The summed E-state index contributed by atoms with van der Waals surface area (Å²) in [6.45, 7) is 1.09. The standard InChI is InChI=1S/C13H19N3O4S/c1-21(18,19)16-7-6-15-9-12(17)10-20-13-4-2-11(8-14)3-5-13/h2-5,12,15-17H,6-7,9-10H2,1H3. The normalized spacial score (nSPS) is 12.6. The minimum absolute atomic E-state index is 0.110. The molecule has 0 aliphatic rings. The van der Waals surface area contributed by atoms with E-state index in [4.69, 9.17) is 10.00 Å². The number of rotatable bonds is 9. The van der Waals surface area contributed by atoms with Crippen LogP contribution in [0, 0.1) is 11.3 Å². The Hall–Kier alpha value is -1.66. The maximum atomic E-state index is 10.8. The summed E-state index contributed by atoms with van der Waals surface area (Å²) in [7, 11) is -3.18. The molecule has 1 rings (SSSR count). The van der Waals surface area contributed by atoms with Gasteiger partial charge in [0.25, 0.3) is 0 Å². The Bertz CT molecular complexity index is 566. The van der Waals surface area contributed by atoms with E-state index in [-0.39, 0.29) is 13.2 Å². The smallest absolute Gasteiger partial charge is 0.208 e. The number of hydrogen-bond acceptors (Lipinski definition) is 6. The second-order valence-corrected chi connectivity index (χ2v) is 6.30. The van der Waals surface area contributed by atoms with E-state index in [0.29, 0.717) is 24.4 Å². The average Bonchev–Trinajstić information content (AvgIpc) is 2.44. The van der Waals surface area contributed by atoms with E-state index in [1.54, 1.807) is 24.3 Å². The molecule has 0 heterocycles. The lowest BCUT2D eigenvalue weighted by atomic mass is 10.2. The zero-order chi connectivity index (χ0) is 15.7. The van der Waals surface area contributed by atoms with Gasteiger partial charge in [0.1, 0.15) is 18.5 Å². The summed E-state index contributed by atoms with van der Waals surface area (Å²) in [5, 5.41) is 21.3. The summed E-state index contributed by atoms with van der Waals surface area (Å²) in [4.78, 5) is 0. The second-order valence-electron chi connectivity index (χ2n) is 4.47. The van der Waals surface area contributed by atoms with Crippen LogP contribution in [0.5, 0.6) is 5.75 Å². The van der Waals surface area contributed by atoms with E-state index in [1.807, 2.05) is 6.07 Å². The maximum absolute atomic E-state index is 10.8. The van der Waals surface area contributed by atoms with Crippen LogP contribution in [-0.4, -0.2) is 52.1 Å². The molecule has 0 amide bonds. The highest BCUT2D eigenvalue weighted by atomic mass is 32.2. The van der Waals surface area contributed by atoms with Crippen molar-refractivity contribution in [1.29, 1.82) is 5.26 Å². The number of nitriles is 1. The number of aliphatic hydroxyl groups excluding tert-OH is 1. The van der Waals surface area contributed by atoms with Crippen LogP contribution in [0.4, 0.5) is 0 Å². The summed E-state index contributed by atoms with van der Waals surface area (Å²) in [6, 6.07) is 8.60. The monoisotopic (exact) mass is 313 g/mol. The van der Waals surface area contributed by atoms with E-state index in [0.717, 1.165) is 6.26 Å². The molecule has 0 aliphatic heterocycles. The summed E-state index contributed by atoms with van der Waals surface area (Å²) in [5.74, 6) is 0.576. The quantitative estimate of drug-likeness (QED) is 0.527. The number of nitrogens with one attached hydrogen (secondary N) is 2. The lowest BCUT2D eigenvalue weighted by molar-refractivity contribution is 0.107. The first-order valence-corrected chi connectivity index (χ1v) is 8.26. The summed E-state index contributed by atoms with van der Waals surface area (Å²) >= 11 is 0. The SMILES string of the molecule is CS(=O)(=O)NCCNCC(O)COc1ccc(C#N)cc1. The minimum atomic E-state index is -3.18. The molecule has 7 nitrogen and oxygen atoms in total. The molecule has 0 aliphatic carbocycles. The van der Waals surface area contributed by atoms with Gasteiger partial charge < -0.3 is 15.2 Å². The van der Waals surface area contributed by atoms with Crippen molar-refractivity contribution in [2.75, 3.05) is 32.5 Å². The first-order valence-electron chi connectivity index (χ1n) is 6.37. The van der Waals surface area contributed by atoms with Gasteiger partial charge in [0.15, 0.2) is 0 Å². The molecule has 0 bridgehead atoms. The second kappa shape index (κ2) is 8.59. The topological polar surface area (TPSA) is 111 Å². The third kappa shape index (κ3) is 8.27. The highest BCUT2D eigenvalue weighted by Gasteiger charge is 2.05. The highest BCUT2D eigenvalue weighted by molar-refractivity contribution is 7.88. The molecule has 21 heavy (non-hydrogen) atoms. The van der Waals surface area contributed by atoms with E-state index in [9.17, 15) is 13.5 Å². The van der Waals surface area contributed by atoms with Crippen LogP contribution in [0.3, 0.4) is 0 Å². The fourth-order valence-electron chi connectivity index (χ4n) is 1.47. The lowest BCUT2D eigenvalue weighted by Gasteiger charge is -2.13. The van der Waals surface area contributed by atoms with Crippen LogP contribution >= 0.6 is 0 Å². The largest absolute Gasteiger partial charge is 0.491 e. The van der Waals surface area contributed by atoms with Crippen molar-refractivity contribution < 1.29 is 18.3 Å². The van der Waals surface area contributed by atoms with Gasteiger partial charge in [0.05, 0.1) is 17.9 Å². The van der Waals surface area contributed by atoms with Gasteiger partial charge in [-0.3, -0.25) is 0 Å². The van der Waals surface area contributed by atoms with Crippen LogP contribution in [0.15, 0.2) is 24.3 Å². The van der Waals surface area contributed by atoms with Gasteiger partial charge in [-0.15, -0.1) is 0 Å². The molecule has 0 saturated carbocycles. The number of ether oxygens (including phenoxy) is 1. The first-order chi connectivity index (χ1) is 9.90. The number of benzene rings is 1. The van der Waals surface area contributed by atoms with Gasteiger partial charge >= 0.3 is 0 Å². The highest BCUT2D eigenvalue weighted by Crippen LogP contribution is 2.11. The van der Waals surface area contributed by atoms with Crippen molar-refractivity contribution in [3.05, 3.63) is 29.8 Å². The Morgan fingerprint density at radius 1 is 1.33 bits per heavy atom. The van der Waals surface area contributed by atoms with Crippen LogP contribution in [-0.2, 0) is 10.0 Å². The predicted octanol–water partition coefficient (Wildman–Crippen LogP) is -0.563. The first kappa shape index (κ1) is 17.4. The van der Waals surface area contributed by atoms with Gasteiger partial charge in [-0.05, 0) is 24.3 Å². The van der Waals surface area contributed by atoms with E-state index < -0.39 is 16.1 Å². The number of hydrogen-bond donors (Lipinski definition) is 3. The van der Waals surface area contributed by atoms with E-state index in [2.05, 4.69) is 10.0 Å². The van der Waals surface area contributed by atoms with Crippen molar-refractivity contribution in [2.24, 2.45) is 0 Å². The Morgan fingerprint density at radius 2 is 2.00 bits per heavy atom. The van der Waals surface area contributed by atoms with Crippen molar-refractivity contribution in [3.8, 4) is 11.8 Å². The molecule has 0 fully saturated rings. The van der Waals surface area contributed by atoms with Gasteiger partial charge in [-0.1, -0.05) is 0 Å². The molecule has 0 saturated heterocycles. The summed E-state index contributed by atoms with van der Waals surface area (Å²) in [6.07, 6.45) is 0.381. The van der Waals surface area contributed by atoms with Crippen molar-refractivity contribution in [1.82, 2.24) is 10.0 Å². The fraction of sp³-hybridized carbons (Fsp3) is 0.462. The Labute approximate surface area is 124 Å². The molecule has 1 aromatic rings. The fourth-order valence-corrected chi connectivity index (χ4v) is 1.94. The van der Waals surface area contributed by atoms with Crippen molar-refractivity contribution >= 4 is 10.0 Å². The Morgan fingerprint density at radius 3 is 2.57 bits per heavy atom. The summed E-state index contributed by atoms with van der Waals surface area (Å²) < 4.78 is 29.3. The third-order valence-electron chi connectivity index (χ3n) is 2.47. The maximum Gasteiger partial charge on any atom is 0.208 e. The van der Waals surface area contributed by atoms with E-state index in [1.165, 1.54) is 0 Å². The van der Waals surface area contributed by atoms with E-state index >= 15 is 0 Å². The van der Waals surface area contributed by atoms with Gasteiger partial charge in [0.2, 0.25) is 10.0 Å². The molecule has 1 unspecified atom stereocenters. The van der Waals surface area contributed by atoms with Crippen LogP contribution in [0.2, 0.25) is 0 Å².